The number of rotatable bonds is 11. The van der Waals surface area contributed by atoms with Crippen LogP contribution >= 0.6 is 0 Å². The quantitative estimate of drug-likeness (QED) is 0.0340. The number of nitrogens with one attached hydrogen (secondary N) is 4. The van der Waals surface area contributed by atoms with E-state index in [1.54, 1.807) is 133 Å². The summed E-state index contributed by atoms with van der Waals surface area (Å²) < 4.78 is 111. The van der Waals surface area contributed by atoms with Crippen molar-refractivity contribution in [2.75, 3.05) is 36.7 Å². The van der Waals surface area contributed by atoms with Gasteiger partial charge in [-0.15, -0.1) is 0 Å². The zero-order chi connectivity index (χ0) is 52.2. The molecule has 4 N–H and O–H groups in total. The summed E-state index contributed by atoms with van der Waals surface area (Å²) >= 11 is 0. The third kappa shape index (κ3) is 16.5. The van der Waals surface area contributed by atoms with Crippen LogP contribution in [0.15, 0.2) is 142 Å². The molecule has 25 heteroatoms. The number of sulfone groups is 1. The van der Waals surface area contributed by atoms with E-state index in [0.717, 1.165) is 28.7 Å². The molecule has 0 aliphatic rings. The van der Waals surface area contributed by atoms with Gasteiger partial charge >= 0.3 is 54.0 Å². The summed E-state index contributed by atoms with van der Waals surface area (Å²) in [6.07, 6.45) is 0.219. The molecular formula is C48H45F6N10NaO7S. The van der Waals surface area contributed by atoms with Crippen molar-refractivity contribution in [3.8, 4) is 33.8 Å². The average molecular weight is 1040 g/mol. The van der Waals surface area contributed by atoms with Gasteiger partial charge in [0, 0.05) is 59.9 Å². The maximum atomic E-state index is 12.2. The van der Waals surface area contributed by atoms with E-state index in [9.17, 15) is 49.1 Å². The summed E-state index contributed by atoms with van der Waals surface area (Å²) in [7, 11) is -1.89. The number of carbonyl (C=O) groups excluding carboxylic acids is 3. The Bertz CT molecular complexity index is 3350. The van der Waals surface area contributed by atoms with E-state index in [1.165, 1.54) is 7.11 Å². The van der Waals surface area contributed by atoms with Crippen LogP contribution in [0, 0.1) is 13.8 Å². The van der Waals surface area contributed by atoms with E-state index in [2.05, 4.69) is 30.6 Å². The number of aryl methyl sites for hydroxylation is 2. The van der Waals surface area contributed by atoms with Crippen molar-refractivity contribution in [1.29, 1.82) is 0 Å². The SMILES string of the molecule is COC(C)=NCS(=O)(=O)c1ccc(C)cc1.Cc1ncc(-c2ccn3c(-c4cccc(NC(=O)NCC(F)(F)F)c4)cnc3c2)o1.O=Cc1ccn2c(-c3cccc(NC(=O)NCC(F)(F)F)c3)cnc2c1.[H-].[Na+]. The molecule has 17 nitrogen and oxygen atoms in total. The second-order valence-electron chi connectivity index (χ2n) is 15.4. The second-order valence-corrected chi connectivity index (χ2v) is 17.4. The van der Waals surface area contributed by atoms with Crippen molar-refractivity contribution >= 4 is 56.8 Å². The van der Waals surface area contributed by atoms with Crippen molar-refractivity contribution in [3.05, 3.63) is 145 Å². The monoisotopic (exact) mass is 1040 g/mol. The van der Waals surface area contributed by atoms with Crippen molar-refractivity contribution in [2.45, 2.75) is 38.0 Å². The smallest absolute Gasteiger partial charge is 1.00 e. The van der Waals surface area contributed by atoms with Gasteiger partial charge in [-0.2, -0.15) is 26.3 Å². The topological polar surface area (TPSA) is 216 Å². The molecule has 0 spiro atoms. The third-order valence-electron chi connectivity index (χ3n) is 9.96. The number of hydrogen-bond donors (Lipinski definition) is 4. The zero-order valence-corrected chi connectivity index (χ0v) is 42.4. The Hall–Kier alpha value is -7.54. The molecule has 8 aromatic rings. The number of hydrogen-bond acceptors (Lipinski definition) is 11. The number of aldehydes is 1. The Morgan fingerprint density at radius 2 is 1.25 bits per heavy atom. The van der Waals surface area contributed by atoms with Crippen molar-refractivity contribution in [2.24, 2.45) is 4.99 Å². The summed E-state index contributed by atoms with van der Waals surface area (Å²) in [5, 5.41) is 8.27. The molecule has 4 amide bonds. The van der Waals surface area contributed by atoms with E-state index in [1.807, 2.05) is 35.7 Å². The molecule has 8 rings (SSSR count). The van der Waals surface area contributed by atoms with Crippen molar-refractivity contribution < 1.29 is 89.3 Å². The molecule has 378 valence electrons. The molecule has 0 bridgehead atoms. The number of methoxy groups -OCH3 is 1. The van der Waals surface area contributed by atoms with Gasteiger partial charge in [-0.1, -0.05) is 42.0 Å². The fraction of sp³-hybridized carbons (Fsp3) is 0.188. The number of halogens is 6. The predicted octanol–water partition coefficient (Wildman–Crippen LogP) is 7.05. The molecule has 3 aromatic carbocycles. The molecule has 0 unspecified atom stereocenters. The number of oxazole rings is 1. The number of nitrogens with zero attached hydrogens (tertiary/aromatic N) is 6. The molecule has 0 radical (unpaired) electrons. The van der Waals surface area contributed by atoms with Crippen LogP contribution in [0.1, 0.15) is 30.2 Å². The van der Waals surface area contributed by atoms with Crippen LogP contribution in [0.5, 0.6) is 0 Å². The molecule has 0 aliphatic heterocycles. The number of imidazole rings is 2. The second kappa shape index (κ2) is 24.7. The number of urea groups is 2. The number of aliphatic imine (C=N–C) groups is 1. The molecule has 73 heavy (non-hydrogen) atoms. The van der Waals surface area contributed by atoms with Crippen LogP contribution in [0.2, 0.25) is 0 Å². The molecule has 0 saturated heterocycles. The van der Waals surface area contributed by atoms with Crippen LogP contribution in [-0.4, -0.2) is 94.8 Å². The number of carbonyl (C=O) groups is 3. The Balaban J connectivity index is 0.000000248. The Morgan fingerprint density at radius 3 is 1.73 bits per heavy atom. The number of anilines is 2. The number of alkyl halides is 6. The molecule has 0 saturated carbocycles. The molecule has 0 aliphatic carbocycles. The molecule has 0 atom stereocenters. The van der Waals surface area contributed by atoms with Crippen LogP contribution in [-0.2, 0) is 14.6 Å². The van der Waals surface area contributed by atoms with Crippen molar-refractivity contribution in [1.82, 2.24) is 34.4 Å². The molecule has 5 heterocycles. The van der Waals surface area contributed by atoms with Gasteiger partial charge in [0.05, 0.1) is 42.0 Å². The number of pyridine rings is 2. The van der Waals surface area contributed by atoms with E-state index >= 15 is 0 Å². The first-order valence-electron chi connectivity index (χ1n) is 21.2. The summed E-state index contributed by atoms with van der Waals surface area (Å²) in [6, 6.07) is 25.2. The first kappa shape index (κ1) is 56.4. The number of fused-ring (bicyclic) bond motifs is 2. The van der Waals surface area contributed by atoms with Gasteiger partial charge in [-0.3, -0.25) is 13.6 Å². The maximum absolute atomic E-state index is 12.2. The van der Waals surface area contributed by atoms with E-state index in [4.69, 9.17) is 9.15 Å². The molecular weight excluding hydrogens is 998 g/mol. The van der Waals surface area contributed by atoms with Gasteiger partial charge in [0.2, 0.25) is 0 Å². The Kier molecular flexibility index (Phi) is 19.1. The number of ether oxygens (including phenoxy) is 1. The molecule has 0 fully saturated rings. The minimum Gasteiger partial charge on any atom is -1.00 e. The maximum Gasteiger partial charge on any atom is 1.00 e. The fourth-order valence-corrected chi connectivity index (χ4v) is 7.46. The zero-order valence-electron chi connectivity index (χ0n) is 40.5. The Morgan fingerprint density at radius 1 is 0.726 bits per heavy atom. The standard InChI is InChI=1S/C20H16F3N5O2.C17H13F3N4O2.C11H15NO3S.Na.H/c1-12-24-10-17(30-12)14-5-6-28-16(9-25-18(28)8-14)13-3-2-4-15(7-13)27-19(29)26-11-20(21,22)23;18-17(19,20)10-22-16(26)23-13-3-1-2-12(7-13)14-8-21-15-6-11(9-25)4-5-24(14)15;1-9-4-6-11(7-5-9)16(13,14)8-12-10(2)15-3;;/h2-10H,11H2,1H3,(H2,26,27,29);1-9H,10H2,(H2,22,23,26);4-7H,8H2,1-3H3;;/q;;;+1;-1. The predicted molar refractivity (Wildman–Crippen MR) is 257 cm³/mol. The van der Waals surface area contributed by atoms with E-state index in [0.29, 0.717) is 57.0 Å². The normalized spacial score (nSPS) is 11.6. The van der Waals surface area contributed by atoms with Gasteiger partial charge in [0.25, 0.3) is 0 Å². The molecule has 5 aromatic heterocycles. The fourth-order valence-electron chi connectivity index (χ4n) is 6.41. The van der Waals surface area contributed by atoms with Gasteiger partial charge in [-0.25, -0.2) is 38.0 Å². The third-order valence-corrected chi connectivity index (χ3v) is 11.4. The minimum absolute atomic E-state index is 0. The van der Waals surface area contributed by atoms with E-state index < -0.39 is 47.3 Å². The first-order chi connectivity index (χ1) is 34.1. The number of benzene rings is 3. The summed E-state index contributed by atoms with van der Waals surface area (Å²) in [5.41, 5.74) is 7.19. The summed E-state index contributed by atoms with van der Waals surface area (Å²) in [5.74, 6) is 1.28. The van der Waals surface area contributed by atoms with Gasteiger partial charge < -0.3 is 31.8 Å². The minimum atomic E-state index is -4.48. The Labute approximate surface area is 436 Å². The van der Waals surface area contributed by atoms with E-state index in [-0.39, 0.29) is 41.8 Å². The average Bonchev–Trinajstić information content (AvgIpc) is 4.10. The summed E-state index contributed by atoms with van der Waals surface area (Å²) in [4.78, 5) is 50.9. The van der Waals surface area contributed by atoms with Crippen LogP contribution in [0.3, 0.4) is 0 Å². The van der Waals surface area contributed by atoms with Gasteiger partial charge in [0.1, 0.15) is 36.5 Å². The van der Waals surface area contributed by atoms with Gasteiger partial charge in [0.15, 0.2) is 27.4 Å². The van der Waals surface area contributed by atoms with Crippen molar-refractivity contribution in [3.63, 3.8) is 0 Å². The van der Waals surface area contributed by atoms with Gasteiger partial charge in [-0.05, 0) is 67.6 Å². The van der Waals surface area contributed by atoms with Crippen LogP contribution in [0.4, 0.5) is 47.3 Å². The van der Waals surface area contributed by atoms with Crippen LogP contribution in [0.25, 0.3) is 45.1 Å². The van der Waals surface area contributed by atoms with Crippen LogP contribution < -0.4 is 50.8 Å². The summed E-state index contributed by atoms with van der Waals surface area (Å²) in [6.45, 7) is 2.47. The first-order valence-corrected chi connectivity index (χ1v) is 22.9. The largest absolute Gasteiger partial charge is 1.00 e. The number of amides is 4. The number of aromatic nitrogens is 5.